The predicted molar refractivity (Wildman–Crippen MR) is 73.0 cm³/mol. The van der Waals surface area contributed by atoms with E-state index >= 15 is 0 Å². The van der Waals surface area contributed by atoms with Gasteiger partial charge < -0.3 is 20.1 Å². The van der Waals surface area contributed by atoms with E-state index in [4.69, 9.17) is 4.74 Å². The summed E-state index contributed by atoms with van der Waals surface area (Å²) in [6, 6.07) is 0.605. The topological polar surface area (TPSA) is 61.8 Å². The highest BCUT2D eigenvalue weighted by atomic mass is 16.6. The van der Waals surface area contributed by atoms with Crippen molar-refractivity contribution in [1.82, 2.24) is 10.2 Å². The molecular weight excluding hydrogens is 244 g/mol. The van der Waals surface area contributed by atoms with Crippen LogP contribution in [-0.2, 0) is 4.74 Å². The van der Waals surface area contributed by atoms with Gasteiger partial charge in [-0.15, -0.1) is 0 Å². The van der Waals surface area contributed by atoms with Gasteiger partial charge in [0.1, 0.15) is 5.60 Å². The monoisotopic (exact) mass is 270 g/mol. The smallest absolute Gasteiger partial charge is 0.410 e. The van der Waals surface area contributed by atoms with Crippen molar-refractivity contribution in [3.63, 3.8) is 0 Å². The zero-order valence-corrected chi connectivity index (χ0v) is 12.2. The van der Waals surface area contributed by atoms with E-state index in [9.17, 15) is 9.90 Å². The van der Waals surface area contributed by atoms with Crippen molar-refractivity contribution in [2.45, 2.75) is 63.7 Å². The summed E-state index contributed by atoms with van der Waals surface area (Å²) in [6.07, 6.45) is 3.41. The molecule has 5 heteroatoms. The number of aliphatic hydroxyl groups is 1. The molecule has 0 radical (unpaired) electrons. The fraction of sp³-hybridized carbons (Fsp3) is 0.929. The van der Waals surface area contributed by atoms with E-state index in [1.807, 2.05) is 20.8 Å². The lowest BCUT2D eigenvalue weighted by molar-refractivity contribution is -0.0311. The van der Waals surface area contributed by atoms with Crippen molar-refractivity contribution in [2.75, 3.05) is 19.6 Å². The number of amides is 1. The van der Waals surface area contributed by atoms with Gasteiger partial charge in [-0.25, -0.2) is 4.79 Å². The average molecular weight is 270 g/mol. The van der Waals surface area contributed by atoms with E-state index in [1.54, 1.807) is 4.90 Å². The SMILES string of the molecule is CC(C)(C)OC(=O)N1CCC(O)(CNC2CC2)CC1. The van der Waals surface area contributed by atoms with E-state index in [1.165, 1.54) is 12.8 Å². The first-order valence-corrected chi connectivity index (χ1v) is 7.21. The number of rotatable bonds is 3. The van der Waals surface area contributed by atoms with Crippen LogP contribution in [0.25, 0.3) is 0 Å². The van der Waals surface area contributed by atoms with Crippen LogP contribution >= 0.6 is 0 Å². The van der Waals surface area contributed by atoms with Gasteiger partial charge in [0.25, 0.3) is 0 Å². The molecule has 2 fully saturated rings. The highest BCUT2D eigenvalue weighted by molar-refractivity contribution is 5.68. The number of hydrogen-bond donors (Lipinski definition) is 2. The van der Waals surface area contributed by atoms with Crippen LogP contribution < -0.4 is 5.32 Å². The molecule has 1 aliphatic carbocycles. The molecule has 5 nitrogen and oxygen atoms in total. The molecule has 1 aliphatic heterocycles. The van der Waals surface area contributed by atoms with Gasteiger partial charge in [-0.05, 0) is 46.5 Å². The molecule has 0 spiro atoms. The summed E-state index contributed by atoms with van der Waals surface area (Å²) < 4.78 is 5.34. The zero-order chi connectivity index (χ0) is 14.1. The molecule has 0 atom stereocenters. The molecule has 1 saturated carbocycles. The second-order valence-corrected chi connectivity index (χ2v) is 6.85. The molecule has 1 amide bonds. The summed E-state index contributed by atoms with van der Waals surface area (Å²) in [5.41, 5.74) is -1.13. The van der Waals surface area contributed by atoms with Gasteiger partial charge in [0, 0.05) is 25.7 Å². The second kappa shape index (κ2) is 5.29. The second-order valence-electron chi connectivity index (χ2n) is 6.85. The van der Waals surface area contributed by atoms with Crippen LogP contribution in [-0.4, -0.2) is 53.0 Å². The van der Waals surface area contributed by atoms with Gasteiger partial charge in [-0.1, -0.05) is 0 Å². The van der Waals surface area contributed by atoms with Crippen LogP contribution in [0.1, 0.15) is 46.5 Å². The molecule has 0 aromatic carbocycles. The van der Waals surface area contributed by atoms with Crippen molar-refractivity contribution >= 4 is 6.09 Å². The molecule has 0 aromatic heterocycles. The molecule has 1 saturated heterocycles. The number of carbonyl (C=O) groups is 1. The highest BCUT2D eigenvalue weighted by Crippen LogP contribution is 2.25. The quantitative estimate of drug-likeness (QED) is 0.816. The normalized spacial score (nSPS) is 23.3. The van der Waals surface area contributed by atoms with Gasteiger partial charge >= 0.3 is 6.09 Å². The number of nitrogens with zero attached hydrogens (tertiary/aromatic N) is 1. The minimum absolute atomic E-state index is 0.273. The standard InChI is InChI=1S/C14H26N2O3/c1-13(2,3)19-12(17)16-8-6-14(18,7-9-16)10-15-11-4-5-11/h11,15,18H,4-10H2,1-3H3. The molecule has 1 heterocycles. The Bertz CT molecular complexity index is 326. The van der Waals surface area contributed by atoms with Crippen LogP contribution in [0.4, 0.5) is 4.79 Å². The fourth-order valence-electron chi connectivity index (χ4n) is 2.23. The maximum atomic E-state index is 11.9. The van der Waals surface area contributed by atoms with Crippen LogP contribution in [0.15, 0.2) is 0 Å². The van der Waals surface area contributed by atoms with Crippen molar-refractivity contribution in [2.24, 2.45) is 0 Å². The number of hydrogen-bond acceptors (Lipinski definition) is 4. The van der Waals surface area contributed by atoms with Crippen LogP contribution in [0.2, 0.25) is 0 Å². The van der Waals surface area contributed by atoms with Gasteiger partial charge in [0.05, 0.1) is 5.60 Å². The molecule has 19 heavy (non-hydrogen) atoms. The largest absolute Gasteiger partial charge is 0.444 e. The third kappa shape index (κ3) is 4.66. The van der Waals surface area contributed by atoms with E-state index in [2.05, 4.69) is 5.32 Å². The summed E-state index contributed by atoms with van der Waals surface area (Å²) in [5.74, 6) is 0. The highest BCUT2D eigenvalue weighted by Gasteiger charge is 2.36. The van der Waals surface area contributed by atoms with Crippen molar-refractivity contribution in [3.8, 4) is 0 Å². The summed E-state index contributed by atoms with van der Waals surface area (Å²) >= 11 is 0. The van der Waals surface area contributed by atoms with E-state index in [0.29, 0.717) is 38.5 Å². The minimum Gasteiger partial charge on any atom is -0.444 e. The first-order chi connectivity index (χ1) is 8.77. The maximum Gasteiger partial charge on any atom is 0.410 e. The fourth-order valence-corrected chi connectivity index (χ4v) is 2.23. The Hall–Kier alpha value is -0.810. The third-order valence-corrected chi connectivity index (χ3v) is 3.64. The number of ether oxygens (including phenoxy) is 1. The molecule has 110 valence electrons. The Balaban J connectivity index is 1.75. The van der Waals surface area contributed by atoms with Crippen LogP contribution in [0.3, 0.4) is 0 Å². The van der Waals surface area contributed by atoms with E-state index in [0.717, 1.165) is 0 Å². The Labute approximate surface area is 115 Å². The Morgan fingerprint density at radius 3 is 2.42 bits per heavy atom. The third-order valence-electron chi connectivity index (χ3n) is 3.64. The summed E-state index contributed by atoms with van der Waals surface area (Å²) in [6.45, 7) is 7.37. The molecule has 2 rings (SSSR count). The molecule has 0 aromatic rings. The average Bonchev–Trinajstić information content (AvgIpc) is 3.09. The lowest BCUT2D eigenvalue weighted by Gasteiger charge is -2.38. The Morgan fingerprint density at radius 1 is 1.37 bits per heavy atom. The Morgan fingerprint density at radius 2 is 1.95 bits per heavy atom. The number of nitrogens with one attached hydrogen (secondary N) is 1. The maximum absolute atomic E-state index is 11.9. The summed E-state index contributed by atoms with van der Waals surface area (Å²) in [4.78, 5) is 13.6. The summed E-state index contributed by atoms with van der Waals surface area (Å²) in [7, 11) is 0. The molecule has 0 unspecified atom stereocenters. The van der Waals surface area contributed by atoms with Gasteiger partial charge in [-0.3, -0.25) is 0 Å². The van der Waals surface area contributed by atoms with Crippen LogP contribution in [0.5, 0.6) is 0 Å². The predicted octanol–water partition coefficient (Wildman–Crippen LogP) is 1.50. The number of carbonyl (C=O) groups excluding carboxylic acids is 1. The molecular formula is C14H26N2O3. The lowest BCUT2D eigenvalue weighted by Crippen LogP contribution is -2.52. The number of piperidine rings is 1. The minimum atomic E-state index is -0.666. The van der Waals surface area contributed by atoms with Crippen molar-refractivity contribution in [1.29, 1.82) is 0 Å². The lowest BCUT2D eigenvalue weighted by atomic mass is 9.91. The van der Waals surface area contributed by atoms with Crippen molar-refractivity contribution < 1.29 is 14.6 Å². The molecule has 0 bridgehead atoms. The van der Waals surface area contributed by atoms with E-state index in [-0.39, 0.29) is 6.09 Å². The summed E-state index contributed by atoms with van der Waals surface area (Å²) in [5, 5.41) is 13.8. The Kier molecular flexibility index (Phi) is 4.06. The van der Waals surface area contributed by atoms with Crippen LogP contribution in [0, 0.1) is 0 Å². The molecule has 2 aliphatic rings. The zero-order valence-electron chi connectivity index (χ0n) is 12.2. The van der Waals surface area contributed by atoms with Crippen molar-refractivity contribution in [3.05, 3.63) is 0 Å². The van der Waals surface area contributed by atoms with Gasteiger partial charge in [-0.2, -0.15) is 0 Å². The molecule has 2 N–H and O–H groups in total. The first kappa shape index (κ1) is 14.6. The first-order valence-electron chi connectivity index (χ1n) is 7.21. The number of likely N-dealkylation sites (tertiary alicyclic amines) is 1. The van der Waals surface area contributed by atoms with E-state index < -0.39 is 11.2 Å². The van der Waals surface area contributed by atoms with Gasteiger partial charge in [0.15, 0.2) is 0 Å². The van der Waals surface area contributed by atoms with Gasteiger partial charge in [0.2, 0.25) is 0 Å².